The molecule has 0 spiro atoms. The van der Waals surface area contributed by atoms with Crippen molar-refractivity contribution in [3.05, 3.63) is 47.0 Å². The third-order valence-electron chi connectivity index (χ3n) is 3.46. The quantitative estimate of drug-likeness (QED) is 0.811. The molecule has 0 saturated heterocycles. The number of carbonyl (C=O) groups excluding carboxylic acids is 1. The number of carboxylic acid groups (broad SMARTS) is 1. The topological polar surface area (TPSA) is 66.4 Å². The first kappa shape index (κ1) is 14.3. The molecular weight excluding hydrogens is 254 g/mol. The van der Waals surface area contributed by atoms with Gasteiger partial charge in [0.05, 0.1) is 5.56 Å². The summed E-state index contributed by atoms with van der Waals surface area (Å²) in [6.07, 6.45) is 7.16. The van der Waals surface area contributed by atoms with Crippen LogP contribution in [-0.2, 0) is 11.3 Å². The molecule has 0 saturated carbocycles. The van der Waals surface area contributed by atoms with Gasteiger partial charge in [-0.2, -0.15) is 0 Å². The van der Waals surface area contributed by atoms with Gasteiger partial charge in [0.1, 0.15) is 0 Å². The van der Waals surface area contributed by atoms with E-state index in [4.69, 9.17) is 5.11 Å². The molecule has 4 heteroatoms. The van der Waals surface area contributed by atoms with Gasteiger partial charge in [0, 0.05) is 13.0 Å². The van der Waals surface area contributed by atoms with E-state index >= 15 is 0 Å². The van der Waals surface area contributed by atoms with E-state index in [0.717, 1.165) is 18.4 Å². The molecule has 2 rings (SSSR count). The Bertz CT molecular complexity index is 517. The van der Waals surface area contributed by atoms with E-state index in [9.17, 15) is 9.59 Å². The molecule has 0 unspecified atom stereocenters. The highest BCUT2D eigenvalue weighted by Crippen LogP contribution is 2.19. The standard InChI is InChI=1S/C16H19NO3/c18-15(10-12-4-2-1-3-5-12)17-11-13-6-8-14(9-7-13)16(19)20/h4,6-9H,1-3,5,10-11H2,(H,17,18)(H,19,20). The van der Waals surface area contributed by atoms with Gasteiger partial charge in [0.25, 0.3) is 0 Å². The molecule has 106 valence electrons. The zero-order chi connectivity index (χ0) is 14.4. The summed E-state index contributed by atoms with van der Waals surface area (Å²) in [4.78, 5) is 22.5. The Hall–Kier alpha value is -2.10. The fourth-order valence-electron chi connectivity index (χ4n) is 2.30. The summed E-state index contributed by atoms with van der Waals surface area (Å²) >= 11 is 0. The van der Waals surface area contributed by atoms with Gasteiger partial charge in [0.15, 0.2) is 0 Å². The number of carbonyl (C=O) groups is 2. The van der Waals surface area contributed by atoms with Crippen molar-refractivity contribution in [1.82, 2.24) is 5.32 Å². The minimum absolute atomic E-state index is 0.0282. The highest BCUT2D eigenvalue weighted by Gasteiger charge is 2.09. The van der Waals surface area contributed by atoms with Gasteiger partial charge in [-0.25, -0.2) is 4.79 Å². The van der Waals surface area contributed by atoms with Gasteiger partial charge in [0.2, 0.25) is 5.91 Å². The summed E-state index contributed by atoms with van der Waals surface area (Å²) in [5.74, 6) is -0.912. The minimum Gasteiger partial charge on any atom is -0.478 e. The molecule has 0 radical (unpaired) electrons. The van der Waals surface area contributed by atoms with Crippen LogP contribution in [-0.4, -0.2) is 17.0 Å². The van der Waals surface area contributed by atoms with Crippen LogP contribution in [0.5, 0.6) is 0 Å². The van der Waals surface area contributed by atoms with E-state index in [1.807, 2.05) is 0 Å². The summed E-state index contributed by atoms with van der Waals surface area (Å²) in [6.45, 7) is 0.437. The van der Waals surface area contributed by atoms with Crippen LogP contribution in [0.25, 0.3) is 0 Å². The Morgan fingerprint density at radius 2 is 1.90 bits per heavy atom. The van der Waals surface area contributed by atoms with Gasteiger partial charge < -0.3 is 10.4 Å². The van der Waals surface area contributed by atoms with Crippen LogP contribution in [0.15, 0.2) is 35.9 Å². The summed E-state index contributed by atoms with van der Waals surface area (Å²) in [5.41, 5.74) is 2.39. The Morgan fingerprint density at radius 1 is 1.15 bits per heavy atom. The fraction of sp³-hybridized carbons (Fsp3) is 0.375. The number of benzene rings is 1. The lowest BCUT2D eigenvalue weighted by molar-refractivity contribution is -0.120. The molecule has 20 heavy (non-hydrogen) atoms. The summed E-state index contributed by atoms with van der Waals surface area (Å²) in [7, 11) is 0. The smallest absolute Gasteiger partial charge is 0.335 e. The summed E-state index contributed by atoms with van der Waals surface area (Å²) in [6, 6.07) is 6.55. The molecular formula is C16H19NO3. The lowest BCUT2D eigenvalue weighted by atomic mass is 9.97. The zero-order valence-corrected chi connectivity index (χ0v) is 11.4. The second-order valence-corrected chi connectivity index (χ2v) is 5.06. The molecule has 4 nitrogen and oxygen atoms in total. The average Bonchev–Trinajstić information content (AvgIpc) is 2.46. The summed E-state index contributed by atoms with van der Waals surface area (Å²) < 4.78 is 0. The van der Waals surface area contributed by atoms with Crippen molar-refractivity contribution in [2.24, 2.45) is 0 Å². The predicted octanol–water partition coefficient (Wildman–Crippen LogP) is 2.89. The molecule has 1 amide bonds. The van der Waals surface area contributed by atoms with Crippen molar-refractivity contribution < 1.29 is 14.7 Å². The van der Waals surface area contributed by atoms with E-state index in [0.29, 0.717) is 13.0 Å². The largest absolute Gasteiger partial charge is 0.478 e. The molecule has 2 N–H and O–H groups in total. The van der Waals surface area contributed by atoms with Crippen LogP contribution >= 0.6 is 0 Å². The van der Waals surface area contributed by atoms with Crippen molar-refractivity contribution in [2.75, 3.05) is 0 Å². The van der Waals surface area contributed by atoms with E-state index in [1.165, 1.54) is 18.4 Å². The number of hydrogen-bond donors (Lipinski definition) is 2. The average molecular weight is 273 g/mol. The van der Waals surface area contributed by atoms with Gasteiger partial charge in [-0.1, -0.05) is 23.8 Å². The molecule has 1 aliphatic rings. The van der Waals surface area contributed by atoms with Gasteiger partial charge >= 0.3 is 5.97 Å². The minimum atomic E-state index is -0.940. The number of hydrogen-bond acceptors (Lipinski definition) is 2. The highest BCUT2D eigenvalue weighted by atomic mass is 16.4. The van der Waals surface area contributed by atoms with Crippen molar-refractivity contribution in [1.29, 1.82) is 0 Å². The van der Waals surface area contributed by atoms with Crippen molar-refractivity contribution in [3.8, 4) is 0 Å². The summed E-state index contributed by atoms with van der Waals surface area (Å²) in [5, 5.41) is 11.7. The molecule has 0 bridgehead atoms. The molecule has 1 aromatic rings. The van der Waals surface area contributed by atoms with E-state index in [1.54, 1.807) is 24.3 Å². The van der Waals surface area contributed by atoms with Gasteiger partial charge in [-0.05, 0) is 43.4 Å². The van der Waals surface area contributed by atoms with Crippen LogP contribution in [0.1, 0.15) is 48.0 Å². The number of carboxylic acids is 1. The van der Waals surface area contributed by atoms with Gasteiger partial charge in [-0.15, -0.1) is 0 Å². The Morgan fingerprint density at radius 3 is 2.50 bits per heavy atom. The molecule has 1 aliphatic carbocycles. The molecule has 1 aromatic carbocycles. The zero-order valence-electron chi connectivity index (χ0n) is 11.4. The Labute approximate surface area is 118 Å². The molecule has 0 fully saturated rings. The maximum atomic E-state index is 11.8. The van der Waals surface area contributed by atoms with Crippen molar-refractivity contribution >= 4 is 11.9 Å². The van der Waals surface area contributed by atoms with E-state index in [-0.39, 0.29) is 11.5 Å². The second-order valence-electron chi connectivity index (χ2n) is 5.06. The molecule has 0 atom stereocenters. The lowest BCUT2D eigenvalue weighted by Crippen LogP contribution is -2.23. The van der Waals surface area contributed by atoms with Crippen LogP contribution in [0, 0.1) is 0 Å². The third kappa shape index (κ3) is 4.23. The SMILES string of the molecule is O=C(CC1=CCCCC1)NCc1ccc(C(=O)O)cc1. The molecule has 0 aromatic heterocycles. The maximum Gasteiger partial charge on any atom is 0.335 e. The number of allylic oxidation sites excluding steroid dienone is 1. The molecule has 0 heterocycles. The lowest BCUT2D eigenvalue weighted by Gasteiger charge is -2.12. The van der Waals surface area contributed by atoms with Crippen LogP contribution in [0.2, 0.25) is 0 Å². The van der Waals surface area contributed by atoms with E-state index < -0.39 is 5.97 Å². The number of aromatic carboxylic acids is 1. The fourth-order valence-corrected chi connectivity index (χ4v) is 2.30. The first-order valence-electron chi connectivity index (χ1n) is 6.92. The number of amides is 1. The van der Waals surface area contributed by atoms with Crippen LogP contribution < -0.4 is 5.32 Å². The Balaban J connectivity index is 1.80. The first-order valence-corrected chi connectivity index (χ1v) is 6.92. The molecule has 0 aliphatic heterocycles. The van der Waals surface area contributed by atoms with E-state index in [2.05, 4.69) is 11.4 Å². The number of nitrogens with one attached hydrogen (secondary N) is 1. The third-order valence-corrected chi connectivity index (χ3v) is 3.46. The normalized spacial score (nSPS) is 14.5. The second kappa shape index (κ2) is 6.89. The first-order chi connectivity index (χ1) is 9.65. The van der Waals surface area contributed by atoms with Crippen molar-refractivity contribution in [3.63, 3.8) is 0 Å². The van der Waals surface area contributed by atoms with Crippen LogP contribution in [0.3, 0.4) is 0 Å². The highest BCUT2D eigenvalue weighted by molar-refractivity contribution is 5.87. The Kier molecular flexibility index (Phi) is 4.93. The predicted molar refractivity (Wildman–Crippen MR) is 76.4 cm³/mol. The maximum absolute atomic E-state index is 11.8. The number of rotatable bonds is 5. The van der Waals surface area contributed by atoms with Crippen LogP contribution in [0.4, 0.5) is 0 Å². The van der Waals surface area contributed by atoms with Crippen molar-refractivity contribution in [2.45, 2.75) is 38.6 Å². The monoisotopic (exact) mass is 273 g/mol. The van der Waals surface area contributed by atoms with Gasteiger partial charge in [-0.3, -0.25) is 4.79 Å².